The molecule has 1 aliphatic carbocycles. The smallest absolute Gasteiger partial charge is 0.384 e. The average Bonchev–Trinajstić information content (AvgIpc) is 2.45. The quantitative estimate of drug-likeness (QED) is 0.868. The highest BCUT2D eigenvalue weighted by atomic mass is 19.4. The van der Waals surface area contributed by atoms with Crippen LogP contribution in [0, 0.1) is 23.2 Å². The molecule has 0 radical (unpaired) electrons. The van der Waals surface area contributed by atoms with Crippen LogP contribution in [0.15, 0.2) is 18.2 Å². The van der Waals surface area contributed by atoms with Gasteiger partial charge in [-0.25, -0.2) is 0 Å². The lowest BCUT2D eigenvalue weighted by molar-refractivity contribution is -0.137. The van der Waals surface area contributed by atoms with Crippen molar-refractivity contribution in [3.63, 3.8) is 0 Å². The van der Waals surface area contributed by atoms with E-state index in [2.05, 4.69) is 12.2 Å². The van der Waals surface area contributed by atoms with Crippen molar-refractivity contribution in [2.24, 2.45) is 11.8 Å². The molecule has 1 aromatic carbocycles. The first kappa shape index (κ1) is 15.7. The van der Waals surface area contributed by atoms with Crippen molar-refractivity contribution in [2.45, 2.75) is 38.8 Å². The fourth-order valence-electron chi connectivity index (χ4n) is 2.75. The van der Waals surface area contributed by atoms with E-state index in [9.17, 15) is 13.2 Å². The third kappa shape index (κ3) is 4.13. The Hall–Kier alpha value is -1.70. The Kier molecular flexibility index (Phi) is 4.76. The molecule has 1 saturated carbocycles. The Labute approximate surface area is 123 Å². The second-order valence-corrected chi connectivity index (χ2v) is 5.88. The Bertz CT molecular complexity index is 523. The number of nitriles is 1. The van der Waals surface area contributed by atoms with E-state index in [-0.39, 0.29) is 5.56 Å². The lowest BCUT2D eigenvalue weighted by Gasteiger charge is -2.26. The molecule has 0 atom stereocenters. The van der Waals surface area contributed by atoms with Crippen LogP contribution in [-0.4, -0.2) is 6.54 Å². The monoisotopic (exact) mass is 296 g/mol. The molecule has 0 unspecified atom stereocenters. The van der Waals surface area contributed by atoms with Gasteiger partial charge in [0, 0.05) is 6.54 Å². The molecule has 2 nitrogen and oxygen atoms in total. The predicted octanol–water partition coefficient (Wildman–Crippen LogP) is 4.82. The molecule has 114 valence electrons. The molecule has 0 aliphatic heterocycles. The van der Waals surface area contributed by atoms with Gasteiger partial charge in [0.15, 0.2) is 0 Å². The van der Waals surface area contributed by atoms with Crippen LogP contribution >= 0.6 is 0 Å². The molecule has 5 heteroatoms. The van der Waals surface area contributed by atoms with E-state index in [1.165, 1.54) is 18.9 Å². The van der Waals surface area contributed by atoms with Gasteiger partial charge in [-0.1, -0.05) is 19.8 Å². The highest BCUT2D eigenvalue weighted by Crippen LogP contribution is 2.32. The molecule has 0 bridgehead atoms. The Morgan fingerprint density at radius 2 is 1.90 bits per heavy atom. The van der Waals surface area contributed by atoms with E-state index < -0.39 is 11.7 Å². The van der Waals surface area contributed by atoms with Crippen LogP contribution in [0.4, 0.5) is 18.9 Å². The van der Waals surface area contributed by atoms with Crippen molar-refractivity contribution in [3.8, 4) is 6.07 Å². The molecular weight excluding hydrogens is 277 g/mol. The van der Waals surface area contributed by atoms with Gasteiger partial charge < -0.3 is 5.32 Å². The lowest BCUT2D eigenvalue weighted by Crippen LogP contribution is -2.20. The Morgan fingerprint density at radius 1 is 1.24 bits per heavy atom. The summed E-state index contributed by atoms with van der Waals surface area (Å²) in [6.45, 7) is 2.96. The zero-order valence-electron chi connectivity index (χ0n) is 12.0. The minimum Gasteiger partial charge on any atom is -0.384 e. The maximum atomic E-state index is 12.6. The molecule has 0 heterocycles. The van der Waals surface area contributed by atoms with E-state index >= 15 is 0 Å². The van der Waals surface area contributed by atoms with Crippen molar-refractivity contribution in [1.29, 1.82) is 5.26 Å². The van der Waals surface area contributed by atoms with E-state index in [1.807, 2.05) is 6.07 Å². The zero-order valence-corrected chi connectivity index (χ0v) is 12.0. The molecule has 0 spiro atoms. The second kappa shape index (κ2) is 6.38. The summed E-state index contributed by atoms with van der Waals surface area (Å²) in [7, 11) is 0. The van der Waals surface area contributed by atoms with Crippen molar-refractivity contribution < 1.29 is 13.2 Å². The molecule has 1 N–H and O–H groups in total. The number of nitrogens with one attached hydrogen (secondary N) is 1. The zero-order chi connectivity index (χ0) is 15.5. The summed E-state index contributed by atoms with van der Waals surface area (Å²) in [5.41, 5.74) is -0.241. The van der Waals surface area contributed by atoms with Crippen LogP contribution in [0.3, 0.4) is 0 Å². The summed E-state index contributed by atoms with van der Waals surface area (Å²) in [6, 6.07) is 5.12. The third-order valence-corrected chi connectivity index (χ3v) is 4.18. The third-order valence-electron chi connectivity index (χ3n) is 4.18. The van der Waals surface area contributed by atoms with Gasteiger partial charge in [0.05, 0.1) is 16.8 Å². The summed E-state index contributed by atoms with van der Waals surface area (Å²) in [6.07, 6.45) is 0.256. The highest BCUT2D eigenvalue weighted by Gasteiger charge is 2.31. The van der Waals surface area contributed by atoms with Crippen molar-refractivity contribution in [2.75, 3.05) is 11.9 Å². The highest BCUT2D eigenvalue weighted by molar-refractivity contribution is 5.59. The van der Waals surface area contributed by atoms with Gasteiger partial charge in [-0.15, -0.1) is 0 Å². The fourth-order valence-corrected chi connectivity index (χ4v) is 2.75. The van der Waals surface area contributed by atoms with Crippen LogP contribution in [0.5, 0.6) is 0 Å². The second-order valence-electron chi connectivity index (χ2n) is 5.88. The van der Waals surface area contributed by atoms with Gasteiger partial charge in [-0.05, 0) is 42.9 Å². The normalized spacial score (nSPS) is 22.6. The minimum atomic E-state index is -4.41. The van der Waals surface area contributed by atoms with Crippen LogP contribution in [0.1, 0.15) is 43.7 Å². The largest absolute Gasteiger partial charge is 0.416 e. The predicted molar refractivity (Wildman–Crippen MR) is 75.8 cm³/mol. The topological polar surface area (TPSA) is 35.8 Å². The van der Waals surface area contributed by atoms with Crippen LogP contribution in [0.25, 0.3) is 0 Å². The SMILES string of the molecule is CC1CCC(CNc2ccc(C(F)(F)F)cc2C#N)CC1. The van der Waals surface area contributed by atoms with E-state index in [0.29, 0.717) is 18.2 Å². The summed E-state index contributed by atoms with van der Waals surface area (Å²) in [5, 5.41) is 12.2. The first-order valence-electron chi connectivity index (χ1n) is 7.25. The number of nitrogens with zero attached hydrogens (tertiary/aromatic N) is 1. The summed E-state index contributed by atoms with van der Waals surface area (Å²) in [5.74, 6) is 1.30. The number of halogens is 3. The summed E-state index contributed by atoms with van der Waals surface area (Å²) in [4.78, 5) is 0. The van der Waals surface area contributed by atoms with Crippen molar-refractivity contribution >= 4 is 5.69 Å². The van der Waals surface area contributed by atoms with E-state index in [0.717, 1.165) is 30.9 Å². The van der Waals surface area contributed by atoms with Crippen LogP contribution in [0.2, 0.25) is 0 Å². The molecule has 1 aliphatic rings. The molecule has 1 fully saturated rings. The Morgan fingerprint density at radius 3 is 2.48 bits per heavy atom. The first-order chi connectivity index (χ1) is 9.90. The maximum Gasteiger partial charge on any atom is 0.416 e. The van der Waals surface area contributed by atoms with Gasteiger partial charge in [0.25, 0.3) is 0 Å². The minimum absolute atomic E-state index is 0.0500. The summed E-state index contributed by atoms with van der Waals surface area (Å²) >= 11 is 0. The maximum absolute atomic E-state index is 12.6. The summed E-state index contributed by atoms with van der Waals surface area (Å²) < 4.78 is 37.9. The van der Waals surface area contributed by atoms with Crippen LogP contribution in [-0.2, 0) is 6.18 Å². The molecule has 0 saturated heterocycles. The number of alkyl halides is 3. The lowest BCUT2D eigenvalue weighted by atomic mass is 9.83. The molecule has 21 heavy (non-hydrogen) atoms. The molecule has 2 rings (SSSR count). The molecule has 0 aromatic heterocycles. The van der Waals surface area contributed by atoms with Gasteiger partial charge in [-0.2, -0.15) is 18.4 Å². The van der Waals surface area contributed by atoms with Gasteiger partial charge in [-0.3, -0.25) is 0 Å². The van der Waals surface area contributed by atoms with E-state index in [4.69, 9.17) is 5.26 Å². The first-order valence-corrected chi connectivity index (χ1v) is 7.25. The number of anilines is 1. The number of rotatable bonds is 3. The van der Waals surface area contributed by atoms with Gasteiger partial charge in [0.1, 0.15) is 6.07 Å². The number of hydrogen-bond acceptors (Lipinski definition) is 2. The van der Waals surface area contributed by atoms with Crippen molar-refractivity contribution in [3.05, 3.63) is 29.3 Å². The molecule has 0 amide bonds. The Balaban J connectivity index is 2.02. The van der Waals surface area contributed by atoms with Crippen LogP contribution < -0.4 is 5.32 Å². The fraction of sp³-hybridized carbons (Fsp3) is 0.562. The number of hydrogen-bond donors (Lipinski definition) is 1. The van der Waals surface area contributed by atoms with E-state index in [1.54, 1.807) is 0 Å². The van der Waals surface area contributed by atoms with Gasteiger partial charge in [0.2, 0.25) is 0 Å². The standard InChI is InChI=1S/C16H19F3N2/c1-11-2-4-12(5-3-11)10-21-15-7-6-14(16(17,18)19)8-13(15)9-20/h6-8,11-12,21H,2-5,10H2,1H3. The average molecular weight is 296 g/mol. The number of benzene rings is 1. The molecule has 1 aromatic rings. The van der Waals surface area contributed by atoms with Gasteiger partial charge >= 0.3 is 6.18 Å². The molecular formula is C16H19F3N2. The van der Waals surface area contributed by atoms with Crippen molar-refractivity contribution in [1.82, 2.24) is 0 Å².